The molecule has 0 bridgehead atoms. The van der Waals surface area contributed by atoms with Crippen molar-refractivity contribution in [1.82, 2.24) is 0 Å². The average Bonchev–Trinajstić information content (AvgIpc) is 2.04. The number of hydrogen-bond acceptors (Lipinski definition) is 3. The van der Waals surface area contributed by atoms with E-state index in [1.165, 1.54) is 12.1 Å². The normalized spacial score (nSPS) is 12.5. The van der Waals surface area contributed by atoms with Crippen molar-refractivity contribution in [3.63, 3.8) is 0 Å². The fraction of sp³-hybridized carbons (Fsp3) is 0.111. The van der Waals surface area contributed by atoms with Crippen LogP contribution < -0.4 is 5.30 Å². The Bertz CT molecular complexity index is 287. The Morgan fingerprint density at radius 1 is 1.15 bits per heavy atom. The summed E-state index contributed by atoms with van der Waals surface area (Å²) < 4.78 is 0. The summed E-state index contributed by atoms with van der Waals surface area (Å²) in [5.74, 6) is 0. The fourth-order valence-electron chi connectivity index (χ4n) is 1.03. The molecule has 0 atom stereocenters. The number of hydrogen-bond donors (Lipinski definition) is 3. The average molecular weight is 200 g/mol. The molecule has 3 nitrogen and oxygen atoms in total. The van der Waals surface area contributed by atoms with Crippen LogP contribution in [0, 0.1) is 0 Å². The van der Waals surface area contributed by atoms with E-state index in [-0.39, 0.29) is 5.30 Å². The molecule has 0 saturated heterocycles. The van der Waals surface area contributed by atoms with Crippen LogP contribution in [0.2, 0.25) is 0 Å². The van der Waals surface area contributed by atoms with Gasteiger partial charge in [-0.05, 0) is 0 Å². The summed E-state index contributed by atoms with van der Waals surface area (Å²) in [4.78, 5) is 26.8. The molecule has 0 aliphatic rings. The molecule has 3 N–H and O–H groups in total. The van der Waals surface area contributed by atoms with Crippen molar-refractivity contribution in [3.05, 3.63) is 42.5 Å². The maximum atomic E-state index is 8.94. The van der Waals surface area contributed by atoms with Gasteiger partial charge in [-0.1, -0.05) is 0 Å². The van der Waals surface area contributed by atoms with Gasteiger partial charge in [-0.15, -0.1) is 0 Å². The van der Waals surface area contributed by atoms with Gasteiger partial charge in [-0.2, -0.15) is 0 Å². The van der Waals surface area contributed by atoms with Gasteiger partial charge in [-0.25, -0.2) is 0 Å². The van der Waals surface area contributed by atoms with Crippen LogP contribution in [0.15, 0.2) is 36.9 Å². The van der Waals surface area contributed by atoms with Gasteiger partial charge in [0.25, 0.3) is 0 Å². The fourth-order valence-corrected chi connectivity index (χ4v) is 1.64. The van der Waals surface area contributed by atoms with Gasteiger partial charge in [-0.3, -0.25) is 0 Å². The standard InChI is InChI=1S/C9H13O3P/c1-2-3-8-4-6-9(7-5-8)13(10,11)12/h2,4-7,10-13H,1,3H2. The minimum absolute atomic E-state index is 0.195. The van der Waals surface area contributed by atoms with Crippen molar-refractivity contribution in [2.75, 3.05) is 0 Å². The summed E-state index contributed by atoms with van der Waals surface area (Å²) in [6.07, 6.45) is 2.49. The van der Waals surface area contributed by atoms with Crippen LogP contribution in [0.1, 0.15) is 5.56 Å². The zero-order valence-electron chi connectivity index (χ0n) is 7.14. The molecule has 4 heteroatoms. The van der Waals surface area contributed by atoms with E-state index in [1.807, 2.05) is 0 Å². The van der Waals surface area contributed by atoms with E-state index in [2.05, 4.69) is 6.58 Å². The topological polar surface area (TPSA) is 60.7 Å². The zero-order chi connectivity index (χ0) is 9.90. The summed E-state index contributed by atoms with van der Waals surface area (Å²) in [5.41, 5.74) is 1.03. The van der Waals surface area contributed by atoms with E-state index < -0.39 is 7.94 Å². The summed E-state index contributed by atoms with van der Waals surface area (Å²) in [6.45, 7) is 3.59. The molecule has 0 radical (unpaired) electrons. The molecule has 0 heterocycles. The molecule has 0 aliphatic heterocycles. The molecule has 13 heavy (non-hydrogen) atoms. The van der Waals surface area contributed by atoms with Gasteiger partial charge < -0.3 is 0 Å². The number of allylic oxidation sites excluding steroid dienone is 1. The minimum atomic E-state index is -4.11. The van der Waals surface area contributed by atoms with Gasteiger partial charge in [0, 0.05) is 0 Å². The third-order valence-electron chi connectivity index (χ3n) is 1.72. The van der Waals surface area contributed by atoms with E-state index in [9.17, 15) is 0 Å². The van der Waals surface area contributed by atoms with Crippen molar-refractivity contribution < 1.29 is 14.7 Å². The Morgan fingerprint density at radius 3 is 2.08 bits per heavy atom. The SMILES string of the molecule is C=CCc1ccc([PH](O)(O)O)cc1. The summed E-state index contributed by atoms with van der Waals surface area (Å²) >= 11 is 0. The third kappa shape index (κ3) is 2.90. The second-order valence-electron chi connectivity index (χ2n) is 2.83. The van der Waals surface area contributed by atoms with Crippen molar-refractivity contribution in [1.29, 1.82) is 0 Å². The molecule has 1 rings (SSSR count). The van der Waals surface area contributed by atoms with Crippen LogP contribution in [0.4, 0.5) is 0 Å². The second kappa shape index (κ2) is 3.99. The van der Waals surface area contributed by atoms with E-state index in [0.29, 0.717) is 0 Å². The summed E-state index contributed by atoms with van der Waals surface area (Å²) in [6, 6.07) is 6.51. The molecule has 1 aromatic rings. The van der Waals surface area contributed by atoms with Gasteiger partial charge in [0.05, 0.1) is 0 Å². The molecule has 1 aromatic carbocycles. The molecule has 0 saturated carbocycles. The molecule has 0 aliphatic carbocycles. The third-order valence-corrected chi connectivity index (χ3v) is 2.83. The van der Waals surface area contributed by atoms with Gasteiger partial charge in [0.2, 0.25) is 0 Å². The van der Waals surface area contributed by atoms with E-state index >= 15 is 0 Å². The first-order valence-corrected chi connectivity index (χ1v) is 5.75. The Labute approximate surface area is 77.6 Å². The van der Waals surface area contributed by atoms with E-state index in [4.69, 9.17) is 14.7 Å². The predicted molar refractivity (Wildman–Crippen MR) is 54.9 cm³/mol. The molecular formula is C9H13O3P. The van der Waals surface area contributed by atoms with Crippen molar-refractivity contribution in [2.45, 2.75) is 6.42 Å². The first-order valence-electron chi connectivity index (χ1n) is 3.91. The van der Waals surface area contributed by atoms with Crippen LogP contribution in [0.5, 0.6) is 0 Å². The van der Waals surface area contributed by atoms with Gasteiger partial charge >= 0.3 is 76.8 Å². The Kier molecular flexibility index (Phi) is 3.17. The molecule has 0 spiro atoms. The first kappa shape index (κ1) is 10.4. The predicted octanol–water partition coefficient (Wildman–Crippen LogP) is 0.512. The molecule has 0 unspecified atom stereocenters. The van der Waals surface area contributed by atoms with Crippen LogP contribution in [-0.4, -0.2) is 14.7 Å². The van der Waals surface area contributed by atoms with Gasteiger partial charge in [0.15, 0.2) is 0 Å². The van der Waals surface area contributed by atoms with Crippen molar-refractivity contribution >= 4 is 13.2 Å². The molecular weight excluding hydrogens is 187 g/mol. The molecule has 0 fully saturated rings. The van der Waals surface area contributed by atoms with E-state index in [0.717, 1.165) is 12.0 Å². The van der Waals surface area contributed by atoms with Crippen LogP contribution in [-0.2, 0) is 6.42 Å². The van der Waals surface area contributed by atoms with Crippen molar-refractivity contribution in [3.8, 4) is 0 Å². The van der Waals surface area contributed by atoms with E-state index in [1.54, 1.807) is 18.2 Å². The summed E-state index contributed by atoms with van der Waals surface area (Å²) in [7, 11) is -4.11. The van der Waals surface area contributed by atoms with Gasteiger partial charge in [0.1, 0.15) is 0 Å². The Morgan fingerprint density at radius 2 is 1.69 bits per heavy atom. The monoisotopic (exact) mass is 200 g/mol. The zero-order valence-corrected chi connectivity index (χ0v) is 8.14. The quantitative estimate of drug-likeness (QED) is 0.492. The Balaban J connectivity index is 2.87. The molecule has 72 valence electrons. The van der Waals surface area contributed by atoms with Crippen LogP contribution in [0.25, 0.3) is 0 Å². The second-order valence-corrected chi connectivity index (χ2v) is 4.67. The first-order chi connectivity index (χ1) is 6.04. The van der Waals surface area contributed by atoms with Crippen LogP contribution in [0.3, 0.4) is 0 Å². The molecule has 0 amide bonds. The van der Waals surface area contributed by atoms with Crippen molar-refractivity contribution in [2.24, 2.45) is 0 Å². The van der Waals surface area contributed by atoms with Crippen LogP contribution >= 0.6 is 7.94 Å². The Hall–Kier alpha value is -0.730. The maximum absolute atomic E-state index is 8.94. The molecule has 0 aromatic heterocycles. The number of benzene rings is 1. The number of rotatable bonds is 3. The summed E-state index contributed by atoms with van der Waals surface area (Å²) in [5, 5.41) is 0.195.